The van der Waals surface area contributed by atoms with Crippen LogP contribution in [0.4, 0.5) is 4.79 Å². The molecule has 6 nitrogen and oxygen atoms in total. The summed E-state index contributed by atoms with van der Waals surface area (Å²) in [5.41, 5.74) is 3.08. The van der Waals surface area contributed by atoms with Crippen LogP contribution in [-0.4, -0.2) is 33.5 Å². The van der Waals surface area contributed by atoms with Crippen molar-refractivity contribution in [1.29, 1.82) is 0 Å². The van der Waals surface area contributed by atoms with Crippen molar-refractivity contribution in [3.8, 4) is 0 Å². The van der Waals surface area contributed by atoms with Crippen LogP contribution in [0.1, 0.15) is 29.1 Å². The molecule has 24 heavy (non-hydrogen) atoms. The summed E-state index contributed by atoms with van der Waals surface area (Å²) in [6.07, 6.45) is 6.48. The molecule has 2 amide bonds. The van der Waals surface area contributed by atoms with E-state index in [9.17, 15) is 4.79 Å². The largest absolute Gasteiger partial charge is 0.338 e. The quantitative estimate of drug-likeness (QED) is 0.723. The summed E-state index contributed by atoms with van der Waals surface area (Å²) >= 11 is 1.61. The van der Waals surface area contributed by atoms with Crippen LogP contribution in [-0.2, 0) is 6.42 Å². The second kappa shape index (κ2) is 7.44. The van der Waals surface area contributed by atoms with Crippen molar-refractivity contribution in [2.45, 2.75) is 26.2 Å². The van der Waals surface area contributed by atoms with Crippen LogP contribution in [0.3, 0.4) is 0 Å². The second-order valence-electron chi connectivity index (χ2n) is 5.81. The van der Waals surface area contributed by atoms with Crippen LogP contribution in [0.15, 0.2) is 36.1 Å². The zero-order valence-electron chi connectivity index (χ0n) is 13.8. The van der Waals surface area contributed by atoms with Gasteiger partial charge in [-0.05, 0) is 18.6 Å². The van der Waals surface area contributed by atoms with Gasteiger partial charge in [0.25, 0.3) is 0 Å². The number of carbonyl (C=O) groups excluding carboxylic acids is 1. The lowest BCUT2D eigenvalue weighted by atomic mass is 10.2. The van der Waals surface area contributed by atoms with E-state index in [-0.39, 0.29) is 11.9 Å². The number of nitrogens with zero attached hydrogens (tertiary/aromatic N) is 3. The molecule has 126 valence electrons. The van der Waals surface area contributed by atoms with Crippen molar-refractivity contribution >= 4 is 23.0 Å². The second-order valence-corrected chi connectivity index (χ2v) is 6.74. The maximum absolute atomic E-state index is 11.9. The monoisotopic (exact) mass is 343 g/mol. The van der Waals surface area contributed by atoms with Crippen molar-refractivity contribution in [1.82, 2.24) is 25.0 Å². The Balaban J connectivity index is 1.43. The van der Waals surface area contributed by atoms with Gasteiger partial charge in [0.1, 0.15) is 5.65 Å². The van der Waals surface area contributed by atoms with E-state index >= 15 is 0 Å². The van der Waals surface area contributed by atoms with Crippen molar-refractivity contribution in [2.24, 2.45) is 0 Å². The molecule has 0 aliphatic carbocycles. The van der Waals surface area contributed by atoms with Crippen LogP contribution in [0.5, 0.6) is 0 Å². The molecule has 0 saturated heterocycles. The van der Waals surface area contributed by atoms with Gasteiger partial charge in [-0.25, -0.2) is 14.8 Å². The Bertz CT molecular complexity index is 812. The van der Waals surface area contributed by atoms with Gasteiger partial charge in [0.15, 0.2) is 0 Å². The topological polar surface area (TPSA) is 71.3 Å². The Hall–Kier alpha value is -2.41. The van der Waals surface area contributed by atoms with Gasteiger partial charge < -0.3 is 15.0 Å². The maximum atomic E-state index is 11.9. The maximum Gasteiger partial charge on any atom is 0.314 e. The van der Waals surface area contributed by atoms with Gasteiger partial charge in [0, 0.05) is 49.4 Å². The number of aromatic nitrogens is 3. The predicted molar refractivity (Wildman–Crippen MR) is 95.6 cm³/mol. The molecule has 3 aromatic rings. The predicted octanol–water partition coefficient (Wildman–Crippen LogP) is 2.74. The number of thiazole rings is 1. The number of fused-ring (bicyclic) bond motifs is 1. The lowest BCUT2D eigenvalue weighted by molar-refractivity contribution is 0.240. The average Bonchev–Trinajstić information content (AvgIpc) is 3.22. The van der Waals surface area contributed by atoms with Crippen molar-refractivity contribution in [3.05, 3.63) is 52.4 Å². The van der Waals surface area contributed by atoms with Crippen LogP contribution >= 0.6 is 11.3 Å². The number of hydrogen-bond acceptors (Lipinski definition) is 4. The summed E-state index contributed by atoms with van der Waals surface area (Å²) < 4.78 is 2.01. The van der Waals surface area contributed by atoms with Crippen LogP contribution in [0.25, 0.3) is 5.65 Å². The fourth-order valence-corrected chi connectivity index (χ4v) is 3.20. The first-order valence-electron chi connectivity index (χ1n) is 7.98. The summed E-state index contributed by atoms with van der Waals surface area (Å²) in [7, 11) is 0. The number of imidazole rings is 1. The Labute approximate surface area is 145 Å². The number of pyridine rings is 1. The standard InChI is InChI=1S/C17H21N5OS/c1-12-4-3-8-22-11-14(21-15(12)22)5-6-19-17(23)20-10-13(2)16-18-7-9-24-16/h3-4,7-9,11,13H,5-6,10H2,1-2H3,(H2,19,20,23). The van der Waals surface area contributed by atoms with Gasteiger partial charge in [-0.3, -0.25) is 0 Å². The molecular formula is C17H21N5OS. The van der Waals surface area contributed by atoms with Crippen molar-refractivity contribution < 1.29 is 4.79 Å². The van der Waals surface area contributed by atoms with Gasteiger partial charge in [-0.15, -0.1) is 11.3 Å². The zero-order chi connectivity index (χ0) is 16.9. The van der Waals surface area contributed by atoms with Crippen LogP contribution in [0.2, 0.25) is 0 Å². The Morgan fingerprint density at radius 2 is 2.29 bits per heavy atom. The van der Waals surface area contributed by atoms with Crippen LogP contribution < -0.4 is 10.6 Å². The fourth-order valence-electron chi connectivity index (χ4n) is 2.50. The molecule has 2 N–H and O–H groups in total. The summed E-state index contributed by atoms with van der Waals surface area (Å²) in [6.45, 7) is 5.23. The molecule has 3 aromatic heterocycles. The van der Waals surface area contributed by atoms with E-state index in [1.54, 1.807) is 17.5 Å². The highest BCUT2D eigenvalue weighted by molar-refractivity contribution is 7.09. The van der Waals surface area contributed by atoms with E-state index in [1.807, 2.05) is 41.2 Å². The summed E-state index contributed by atoms with van der Waals surface area (Å²) in [4.78, 5) is 20.7. The van der Waals surface area contributed by atoms with Gasteiger partial charge >= 0.3 is 6.03 Å². The zero-order valence-corrected chi connectivity index (χ0v) is 14.6. The SMILES string of the molecule is Cc1cccn2cc(CCNC(=O)NCC(C)c3nccs3)nc12. The normalized spacial score (nSPS) is 12.2. The summed E-state index contributed by atoms with van der Waals surface area (Å²) in [5.74, 6) is 0.220. The van der Waals surface area contributed by atoms with Gasteiger partial charge in [0.2, 0.25) is 0 Å². The minimum atomic E-state index is -0.154. The van der Waals surface area contributed by atoms with Gasteiger partial charge in [-0.1, -0.05) is 13.0 Å². The number of hydrogen-bond donors (Lipinski definition) is 2. The molecule has 1 atom stereocenters. The first-order valence-corrected chi connectivity index (χ1v) is 8.85. The molecule has 0 fully saturated rings. The first kappa shape index (κ1) is 16.4. The average molecular weight is 343 g/mol. The molecule has 1 unspecified atom stereocenters. The van der Waals surface area contributed by atoms with E-state index < -0.39 is 0 Å². The number of amides is 2. The molecule has 0 aliphatic rings. The number of nitrogens with one attached hydrogen (secondary N) is 2. The molecule has 0 saturated carbocycles. The first-order chi connectivity index (χ1) is 11.6. The number of carbonyl (C=O) groups is 1. The molecule has 3 heterocycles. The minimum absolute atomic E-state index is 0.154. The highest BCUT2D eigenvalue weighted by Gasteiger charge is 2.10. The third kappa shape index (κ3) is 3.91. The Morgan fingerprint density at radius 3 is 3.04 bits per heavy atom. The molecule has 3 rings (SSSR count). The lowest BCUT2D eigenvalue weighted by Gasteiger charge is -2.10. The molecule has 0 aromatic carbocycles. The van der Waals surface area contributed by atoms with E-state index in [2.05, 4.69) is 27.5 Å². The van der Waals surface area contributed by atoms with Gasteiger partial charge in [-0.2, -0.15) is 0 Å². The van der Waals surface area contributed by atoms with Gasteiger partial charge in [0.05, 0.1) is 10.7 Å². The lowest BCUT2D eigenvalue weighted by Crippen LogP contribution is -2.38. The highest BCUT2D eigenvalue weighted by Crippen LogP contribution is 2.16. The van der Waals surface area contributed by atoms with E-state index in [4.69, 9.17) is 0 Å². The molecule has 0 bridgehead atoms. The molecule has 0 radical (unpaired) electrons. The Morgan fingerprint density at radius 1 is 1.42 bits per heavy atom. The van der Waals surface area contributed by atoms with Crippen LogP contribution in [0, 0.1) is 6.92 Å². The third-order valence-corrected chi connectivity index (χ3v) is 4.84. The third-order valence-electron chi connectivity index (χ3n) is 3.84. The molecule has 7 heteroatoms. The fraction of sp³-hybridized carbons (Fsp3) is 0.353. The molecule has 0 spiro atoms. The number of rotatable bonds is 6. The molecular weight excluding hydrogens is 322 g/mol. The van der Waals surface area contributed by atoms with E-state index in [1.165, 1.54) is 0 Å². The number of aryl methyl sites for hydroxylation is 1. The van der Waals surface area contributed by atoms with Crippen molar-refractivity contribution in [2.75, 3.05) is 13.1 Å². The Kier molecular flexibility index (Phi) is 5.10. The minimum Gasteiger partial charge on any atom is -0.338 e. The molecule has 0 aliphatic heterocycles. The number of urea groups is 1. The smallest absolute Gasteiger partial charge is 0.314 e. The summed E-state index contributed by atoms with van der Waals surface area (Å²) in [6, 6.07) is 3.89. The van der Waals surface area contributed by atoms with E-state index in [0.29, 0.717) is 19.5 Å². The van der Waals surface area contributed by atoms with Crippen molar-refractivity contribution in [3.63, 3.8) is 0 Å². The van der Waals surface area contributed by atoms with E-state index in [0.717, 1.165) is 21.9 Å². The summed E-state index contributed by atoms with van der Waals surface area (Å²) in [5, 5.41) is 8.74. The highest BCUT2D eigenvalue weighted by atomic mass is 32.1.